The third-order valence-electron chi connectivity index (χ3n) is 4.48. The van der Waals surface area contributed by atoms with Crippen LogP contribution >= 0.6 is 7.82 Å². The van der Waals surface area contributed by atoms with Gasteiger partial charge in [-0.25, -0.2) is 4.57 Å². The summed E-state index contributed by atoms with van der Waals surface area (Å²) < 4.78 is 20.8. The zero-order chi connectivity index (χ0) is 21.9. The smallest absolute Gasteiger partial charge is 0.469 e. The number of ether oxygens (including phenoxy) is 1. The minimum atomic E-state index is -4.74. The Bertz CT molecular complexity index is 704. The van der Waals surface area contributed by atoms with E-state index in [9.17, 15) is 14.2 Å². The molecule has 1 rings (SSSR count). The topological polar surface area (TPSA) is 122 Å². The van der Waals surface area contributed by atoms with Crippen LogP contribution in [0.4, 0.5) is 0 Å². The SMILES string of the molecule is CCCCCCCC(=O)N[C@H](c1cccc(CC(=O)OC)c1)[C@H](C)OP(=O)(O)O. The number of hydrogen-bond donors (Lipinski definition) is 3. The maximum absolute atomic E-state index is 12.4. The third-order valence-corrected chi connectivity index (χ3v) is 5.09. The highest BCUT2D eigenvalue weighted by atomic mass is 31.2. The van der Waals surface area contributed by atoms with Gasteiger partial charge in [0.05, 0.1) is 25.7 Å². The number of carbonyl (C=O) groups excluding carboxylic acids is 2. The van der Waals surface area contributed by atoms with Crippen LogP contribution in [0.1, 0.15) is 69.5 Å². The molecule has 0 unspecified atom stereocenters. The molecule has 0 aliphatic carbocycles. The van der Waals surface area contributed by atoms with Crippen molar-refractivity contribution >= 4 is 19.7 Å². The van der Waals surface area contributed by atoms with Gasteiger partial charge in [0.2, 0.25) is 5.91 Å². The fourth-order valence-corrected chi connectivity index (χ4v) is 3.57. The lowest BCUT2D eigenvalue weighted by Crippen LogP contribution is -2.36. The molecule has 0 aromatic heterocycles. The van der Waals surface area contributed by atoms with E-state index in [1.165, 1.54) is 14.0 Å². The summed E-state index contributed by atoms with van der Waals surface area (Å²) in [6.07, 6.45) is 4.41. The molecule has 0 aliphatic heterocycles. The van der Waals surface area contributed by atoms with Crippen LogP contribution in [0, 0.1) is 0 Å². The second kappa shape index (κ2) is 12.8. The number of phosphoric ester groups is 1. The number of nitrogens with one attached hydrogen (secondary N) is 1. The fourth-order valence-electron chi connectivity index (χ4n) is 3.02. The van der Waals surface area contributed by atoms with Crippen LogP contribution in [0.25, 0.3) is 0 Å². The van der Waals surface area contributed by atoms with Crippen LogP contribution in [0.5, 0.6) is 0 Å². The number of unbranched alkanes of at least 4 members (excludes halogenated alkanes) is 4. The lowest BCUT2D eigenvalue weighted by Gasteiger charge is -2.26. The minimum absolute atomic E-state index is 0.0518. The van der Waals surface area contributed by atoms with Crippen molar-refractivity contribution in [3.8, 4) is 0 Å². The molecular formula is C20H32NO7P. The first-order chi connectivity index (χ1) is 13.7. The molecule has 164 valence electrons. The Morgan fingerprint density at radius 2 is 1.86 bits per heavy atom. The van der Waals surface area contributed by atoms with Crippen LogP contribution in [0.15, 0.2) is 24.3 Å². The minimum Gasteiger partial charge on any atom is -0.469 e. The van der Waals surface area contributed by atoms with E-state index in [0.717, 1.165) is 32.1 Å². The molecule has 29 heavy (non-hydrogen) atoms. The number of benzene rings is 1. The highest BCUT2D eigenvalue weighted by Crippen LogP contribution is 2.40. The predicted octanol–water partition coefficient (Wildman–Crippen LogP) is 3.42. The number of rotatable bonds is 13. The van der Waals surface area contributed by atoms with Crippen molar-refractivity contribution in [3.63, 3.8) is 0 Å². The van der Waals surface area contributed by atoms with Crippen LogP contribution in [-0.2, 0) is 29.8 Å². The maximum atomic E-state index is 12.4. The van der Waals surface area contributed by atoms with Crippen LogP contribution in [-0.4, -0.2) is 34.9 Å². The molecule has 1 aromatic carbocycles. The van der Waals surface area contributed by atoms with Crippen molar-refractivity contribution in [2.45, 2.75) is 70.9 Å². The molecule has 2 atom stereocenters. The van der Waals surface area contributed by atoms with E-state index < -0.39 is 25.9 Å². The monoisotopic (exact) mass is 429 g/mol. The van der Waals surface area contributed by atoms with Gasteiger partial charge in [0.25, 0.3) is 0 Å². The summed E-state index contributed by atoms with van der Waals surface area (Å²) in [7, 11) is -3.44. The predicted molar refractivity (Wildman–Crippen MR) is 109 cm³/mol. The van der Waals surface area contributed by atoms with E-state index in [0.29, 0.717) is 17.5 Å². The first kappa shape index (κ1) is 25.3. The standard InChI is InChI=1S/C20H32NO7P/c1-4-5-6-7-8-12-18(22)21-20(15(2)28-29(24,25)26)17-11-9-10-16(13-17)14-19(23)27-3/h9-11,13,15,20H,4-8,12,14H2,1-3H3,(H,21,22)(H2,24,25,26)/t15-,20-/m0/s1. The summed E-state index contributed by atoms with van der Waals surface area (Å²) in [6.45, 7) is 3.60. The van der Waals surface area contributed by atoms with E-state index in [2.05, 4.69) is 17.0 Å². The Labute approximate surface area is 172 Å². The molecule has 0 bridgehead atoms. The molecule has 0 saturated carbocycles. The van der Waals surface area contributed by atoms with Crippen molar-refractivity contribution in [2.75, 3.05) is 7.11 Å². The molecular weight excluding hydrogens is 397 g/mol. The average Bonchev–Trinajstić information content (AvgIpc) is 2.64. The van der Waals surface area contributed by atoms with Gasteiger partial charge in [-0.15, -0.1) is 0 Å². The summed E-state index contributed by atoms with van der Waals surface area (Å²) in [5.41, 5.74) is 1.25. The fraction of sp³-hybridized carbons (Fsp3) is 0.600. The Morgan fingerprint density at radius 3 is 2.48 bits per heavy atom. The lowest BCUT2D eigenvalue weighted by atomic mass is 9.98. The second-order valence-electron chi connectivity index (χ2n) is 7.01. The Morgan fingerprint density at radius 1 is 1.17 bits per heavy atom. The van der Waals surface area contributed by atoms with E-state index in [-0.39, 0.29) is 12.3 Å². The molecule has 0 heterocycles. The first-order valence-corrected chi connectivity index (χ1v) is 11.4. The molecule has 9 heteroatoms. The number of carbonyl (C=O) groups is 2. The van der Waals surface area contributed by atoms with E-state index in [1.807, 2.05) is 0 Å². The van der Waals surface area contributed by atoms with Gasteiger partial charge in [-0.2, -0.15) is 0 Å². The van der Waals surface area contributed by atoms with Gasteiger partial charge in [-0.3, -0.25) is 14.1 Å². The number of amides is 1. The zero-order valence-electron chi connectivity index (χ0n) is 17.3. The number of hydrogen-bond acceptors (Lipinski definition) is 5. The Kier molecular flexibility index (Phi) is 11.1. The number of methoxy groups -OCH3 is 1. The molecule has 8 nitrogen and oxygen atoms in total. The highest BCUT2D eigenvalue weighted by Gasteiger charge is 2.28. The van der Waals surface area contributed by atoms with Gasteiger partial charge in [-0.1, -0.05) is 56.9 Å². The third kappa shape index (κ3) is 10.6. The Balaban J connectivity index is 2.91. The van der Waals surface area contributed by atoms with E-state index in [1.54, 1.807) is 24.3 Å². The van der Waals surface area contributed by atoms with Crippen molar-refractivity contribution in [2.24, 2.45) is 0 Å². The number of esters is 1. The molecule has 3 N–H and O–H groups in total. The first-order valence-electron chi connectivity index (χ1n) is 9.85. The molecule has 1 aromatic rings. The van der Waals surface area contributed by atoms with Crippen molar-refractivity contribution in [1.82, 2.24) is 5.32 Å². The van der Waals surface area contributed by atoms with Crippen LogP contribution < -0.4 is 5.32 Å². The van der Waals surface area contributed by atoms with E-state index in [4.69, 9.17) is 14.3 Å². The summed E-state index contributed by atoms with van der Waals surface area (Å²) in [4.78, 5) is 42.3. The molecule has 0 saturated heterocycles. The lowest BCUT2D eigenvalue weighted by molar-refractivity contribution is -0.139. The van der Waals surface area contributed by atoms with Gasteiger partial charge in [-0.05, 0) is 24.5 Å². The molecule has 0 radical (unpaired) electrons. The summed E-state index contributed by atoms with van der Waals surface area (Å²) >= 11 is 0. The summed E-state index contributed by atoms with van der Waals surface area (Å²) in [6, 6.07) is 6.08. The van der Waals surface area contributed by atoms with Crippen LogP contribution in [0.2, 0.25) is 0 Å². The van der Waals surface area contributed by atoms with Gasteiger partial charge in [0.15, 0.2) is 0 Å². The van der Waals surface area contributed by atoms with Crippen molar-refractivity contribution in [1.29, 1.82) is 0 Å². The number of phosphoric acid groups is 1. The van der Waals surface area contributed by atoms with Crippen molar-refractivity contribution in [3.05, 3.63) is 35.4 Å². The average molecular weight is 429 g/mol. The zero-order valence-corrected chi connectivity index (χ0v) is 18.2. The summed E-state index contributed by atoms with van der Waals surface area (Å²) in [5.74, 6) is -0.625. The van der Waals surface area contributed by atoms with Gasteiger partial charge < -0.3 is 19.8 Å². The highest BCUT2D eigenvalue weighted by molar-refractivity contribution is 7.46. The molecule has 1 amide bonds. The maximum Gasteiger partial charge on any atom is 0.469 e. The van der Waals surface area contributed by atoms with E-state index >= 15 is 0 Å². The molecule has 0 aliphatic rings. The quantitative estimate of drug-likeness (QED) is 0.249. The van der Waals surface area contributed by atoms with Gasteiger partial charge in [0, 0.05) is 6.42 Å². The second-order valence-corrected chi connectivity index (χ2v) is 8.20. The van der Waals surface area contributed by atoms with Crippen molar-refractivity contribution < 1.29 is 33.2 Å². The van der Waals surface area contributed by atoms with Gasteiger partial charge in [0.1, 0.15) is 0 Å². The normalized spacial score (nSPS) is 13.6. The summed E-state index contributed by atoms with van der Waals surface area (Å²) in [5, 5.41) is 2.82. The van der Waals surface area contributed by atoms with Gasteiger partial charge >= 0.3 is 13.8 Å². The molecule has 0 fully saturated rings. The Hall–Kier alpha value is -1.73. The largest absolute Gasteiger partial charge is 0.469 e. The molecule has 0 spiro atoms. The van der Waals surface area contributed by atoms with Crippen LogP contribution in [0.3, 0.4) is 0 Å².